The smallest absolute Gasteiger partial charge is 0.265 e. The van der Waals surface area contributed by atoms with Crippen LogP contribution < -0.4 is 15.0 Å². The summed E-state index contributed by atoms with van der Waals surface area (Å²) in [6.45, 7) is 2.89. The Hall–Kier alpha value is -3.28. The molecule has 144 valence electrons. The molecule has 2 N–H and O–H groups in total. The van der Waals surface area contributed by atoms with Crippen LogP contribution in [0.5, 0.6) is 5.75 Å². The molecular formula is C22H23N3O3. The van der Waals surface area contributed by atoms with Gasteiger partial charge in [0.2, 0.25) is 5.91 Å². The molecular weight excluding hydrogens is 354 g/mol. The highest BCUT2D eigenvalue weighted by molar-refractivity contribution is 5.98. The van der Waals surface area contributed by atoms with E-state index in [1.807, 2.05) is 49.5 Å². The minimum Gasteiger partial charge on any atom is -0.482 e. The van der Waals surface area contributed by atoms with E-state index in [0.717, 1.165) is 23.2 Å². The largest absolute Gasteiger partial charge is 0.482 e. The fourth-order valence-corrected chi connectivity index (χ4v) is 3.53. The zero-order valence-electron chi connectivity index (χ0n) is 15.8. The molecule has 2 amide bonds. The first kappa shape index (κ1) is 18.1. The number of para-hydroxylation sites is 1. The molecule has 0 saturated carbocycles. The van der Waals surface area contributed by atoms with Gasteiger partial charge < -0.3 is 19.9 Å². The van der Waals surface area contributed by atoms with E-state index in [1.54, 1.807) is 4.90 Å². The zero-order valence-corrected chi connectivity index (χ0v) is 15.8. The number of carbonyl (C=O) groups is 2. The van der Waals surface area contributed by atoms with Crippen molar-refractivity contribution in [3.8, 4) is 5.75 Å². The van der Waals surface area contributed by atoms with Gasteiger partial charge in [-0.1, -0.05) is 24.3 Å². The Kier molecular flexibility index (Phi) is 5.02. The third-order valence-corrected chi connectivity index (χ3v) is 5.01. The third-order valence-electron chi connectivity index (χ3n) is 5.01. The Morgan fingerprint density at radius 1 is 1.25 bits per heavy atom. The summed E-state index contributed by atoms with van der Waals surface area (Å²) in [5.41, 5.74) is 4.07. The summed E-state index contributed by atoms with van der Waals surface area (Å²) in [5, 5.41) is 4.14. The second-order valence-corrected chi connectivity index (χ2v) is 7.01. The number of nitrogens with one attached hydrogen (secondary N) is 2. The number of hydrogen-bond acceptors (Lipinski definition) is 3. The Labute approximate surface area is 163 Å². The first-order valence-corrected chi connectivity index (χ1v) is 9.47. The molecule has 0 unspecified atom stereocenters. The van der Waals surface area contributed by atoms with E-state index in [0.29, 0.717) is 18.8 Å². The number of amides is 2. The molecule has 0 fully saturated rings. The molecule has 3 aromatic rings. The van der Waals surface area contributed by atoms with Gasteiger partial charge in [0.25, 0.3) is 5.91 Å². The molecule has 0 bridgehead atoms. The van der Waals surface area contributed by atoms with Gasteiger partial charge in [-0.2, -0.15) is 0 Å². The van der Waals surface area contributed by atoms with Crippen LogP contribution in [0.25, 0.3) is 10.9 Å². The van der Waals surface area contributed by atoms with E-state index in [4.69, 9.17) is 4.74 Å². The van der Waals surface area contributed by atoms with Gasteiger partial charge >= 0.3 is 0 Å². The van der Waals surface area contributed by atoms with Crippen LogP contribution in [-0.4, -0.2) is 36.5 Å². The van der Waals surface area contributed by atoms with E-state index < -0.39 is 0 Å². The summed E-state index contributed by atoms with van der Waals surface area (Å²) in [6.07, 6.45) is 3.00. The fourth-order valence-electron chi connectivity index (χ4n) is 3.53. The van der Waals surface area contributed by atoms with Gasteiger partial charge in [-0.15, -0.1) is 0 Å². The average Bonchev–Trinajstić information content (AvgIpc) is 3.10. The highest BCUT2D eigenvalue weighted by Crippen LogP contribution is 2.32. The summed E-state index contributed by atoms with van der Waals surface area (Å²) in [7, 11) is 0. The number of aryl methyl sites for hydroxylation is 1. The summed E-state index contributed by atoms with van der Waals surface area (Å²) in [5.74, 6) is 0.503. The number of nitrogens with zero attached hydrogens (tertiary/aromatic N) is 1. The van der Waals surface area contributed by atoms with Crippen molar-refractivity contribution in [1.29, 1.82) is 0 Å². The Bertz CT molecular complexity index is 1020. The number of H-pyrrole nitrogens is 1. The number of aromatic amines is 1. The monoisotopic (exact) mass is 377 g/mol. The van der Waals surface area contributed by atoms with E-state index in [2.05, 4.69) is 16.4 Å². The molecule has 1 aliphatic rings. The van der Waals surface area contributed by atoms with Crippen LogP contribution in [0.1, 0.15) is 17.5 Å². The number of benzene rings is 2. The van der Waals surface area contributed by atoms with Crippen LogP contribution >= 0.6 is 0 Å². The number of hydrogen-bond donors (Lipinski definition) is 2. The fraction of sp³-hybridized carbons (Fsp3) is 0.273. The topological polar surface area (TPSA) is 74.4 Å². The van der Waals surface area contributed by atoms with Crippen LogP contribution in [0, 0.1) is 6.92 Å². The van der Waals surface area contributed by atoms with Crippen molar-refractivity contribution < 1.29 is 14.3 Å². The number of aromatic nitrogens is 1. The zero-order chi connectivity index (χ0) is 19.5. The second-order valence-electron chi connectivity index (χ2n) is 7.01. The number of fused-ring (bicyclic) bond motifs is 2. The molecule has 4 rings (SSSR count). The van der Waals surface area contributed by atoms with Crippen molar-refractivity contribution in [2.45, 2.75) is 19.8 Å². The van der Waals surface area contributed by atoms with Crippen LogP contribution in [0.4, 0.5) is 5.69 Å². The van der Waals surface area contributed by atoms with Crippen molar-refractivity contribution in [1.82, 2.24) is 10.3 Å². The van der Waals surface area contributed by atoms with Crippen LogP contribution in [0.2, 0.25) is 0 Å². The lowest BCUT2D eigenvalue weighted by Gasteiger charge is -2.29. The van der Waals surface area contributed by atoms with E-state index in [1.165, 1.54) is 10.9 Å². The molecule has 28 heavy (non-hydrogen) atoms. The summed E-state index contributed by atoms with van der Waals surface area (Å²) in [4.78, 5) is 29.4. The van der Waals surface area contributed by atoms with E-state index >= 15 is 0 Å². The summed E-state index contributed by atoms with van der Waals surface area (Å²) < 4.78 is 5.47. The minimum atomic E-state index is -0.121. The Morgan fingerprint density at radius 3 is 3.00 bits per heavy atom. The number of ether oxygens (including phenoxy) is 1. The number of anilines is 1. The molecule has 1 aromatic heterocycles. The maximum atomic E-state index is 12.3. The molecule has 0 saturated heterocycles. The SMILES string of the molecule is Cc1ccc2c(c1)N(CCC(=O)NCCc1c[nH]c3ccccc13)C(=O)CO2. The molecule has 2 heterocycles. The van der Waals surface area contributed by atoms with E-state index in [9.17, 15) is 9.59 Å². The lowest BCUT2D eigenvalue weighted by Crippen LogP contribution is -2.41. The predicted octanol–water partition coefficient (Wildman–Crippen LogP) is 2.95. The van der Waals surface area contributed by atoms with Crippen LogP contribution in [0.3, 0.4) is 0 Å². The van der Waals surface area contributed by atoms with Crippen LogP contribution in [0.15, 0.2) is 48.7 Å². The van der Waals surface area contributed by atoms with Crippen molar-refractivity contribution in [2.24, 2.45) is 0 Å². The highest BCUT2D eigenvalue weighted by Gasteiger charge is 2.25. The third kappa shape index (κ3) is 3.71. The summed E-state index contributed by atoms with van der Waals surface area (Å²) >= 11 is 0. The maximum absolute atomic E-state index is 12.3. The van der Waals surface area contributed by atoms with E-state index in [-0.39, 0.29) is 24.8 Å². The molecule has 0 radical (unpaired) electrons. The van der Waals surface area contributed by atoms with Crippen molar-refractivity contribution in [2.75, 3.05) is 24.6 Å². The van der Waals surface area contributed by atoms with Crippen molar-refractivity contribution in [3.63, 3.8) is 0 Å². The van der Waals surface area contributed by atoms with Crippen molar-refractivity contribution in [3.05, 3.63) is 59.8 Å². The lowest BCUT2D eigenvalue weighted by molar-refractivity contribution is -0.122. The Balaban J connectivity index is 1.31. The second kappa shape index (κ2) is 7.76. The van der Waals surface area contributed by atoms with Gasteiger partial charge in [-0.05, 0) is 42.7 Å². The molecule has 0 atom stereocenters. The lowest BCUT2D eigenvalue weighted by atomic mass is 10.1. The van der Waals surface area contributed by atoms with Crippen LogP contribution in [-0.2, 0) is 16.0 Å². The first-order chi connectivity index (χ1) is 13.6. The highest BCUT2D eigenvalue weighted by atomic mass is 16.5. The molecule has 0 spiro atoms. The van der Waals surface area contributed by atoms with Gasteiger partial charge in [0.15, 0.2) is 6.61 Å². The summed E-state index contributed by atoms with van der Waals surface area (Å²) in [6, 6.07) is 13.9. The molecule has 6 nitrogen and oxygen atoms in total. The molecule has 6 heteroatoms. The molecule has 1 aliphatic heterocycles. The first-order valence-electron chi connectivity index (χ1n) is 9.47. The van der Waals surface area contributed by atoms with Crippen molar-refractivity contribution >= 4 is 28.4 Å². The van der Waals surface area contributed by atoms with Gasteiger partial charge in [0.05, 0.1) is 5.69 Å². The predicted molar refractivity (Wildman–Crippen MR) is 109 cm³/mol. The average molecular weight is 377 g/mol. The molecule has 0 aliphatic carbocycles. The van der Waals surface area contributed by atoms with Gasteiger partial charge in [-0.3, -0.25) is 9.59 Å². The maximum Gasteiger partial charge on any atom is 0.265 e. The number of rotatable bonds is 6. The quantitative estimate of drug-likeness (QED) is 0.694. The van der Waals surface area contributed by atoms with Gasteiger partial charge in [0, 0.05) is 36.6 Å². The van der Waals surface area contributed by atoms with Gasteiger partial charge in [-0.25, -0.2) is 0 Å². The Morgan fingerprint density at radius 2 is 2.11 bits per heavy atom. The van der Waals surface area contributed by atoms with Gasteiger partial charge in [0.1, 0.15) is 5.75 Å². The standard InChI is InChI=1S/C22H23N3O3/c1-15-6-7-20-19(12-15)25(22(27)14-28-20)11-9-21(26)23-10-8-16-13-24-18-5-3-2-4-17(16)18/h2-7,12-13,24H,8-11,14H2,1H3,(H,23,26). The minimum absolute atomic E-state index is 0.0121. The normalized spacial score (nSPS) is 13.3. The molecule has 2 aromatic carbocycles. The number of carbonyl (C=O) groups excluding carboxylic acids is 2.